The zero-order chi connectivity index (χ0) is 6.51. The van der Waals surface area contributed by atoms with Crippen molar-refractivity contribution in [2.75, 3.05) is 0 Å². The third-order valence-corrected chi connectivity index (χ3v) is 4.12. The monoisotopic (exact) mass is 130 g/mol. The summed E-state index contributed by atoms with van der Waals surface area (Å²) in [5, 5.41) is 0. The van der Waals surface area contributed by atoms with E-state index in [1.165, 1.54) is 12.8 Å². The summed E-state index contributed by atoms with van der Waals surface area (Å²) in [7, 11) is 0. The van der Waals surface area contributed by atoms with Gasteiger partial charge in [-0.05, 0) is 18.8 Å². The summed E-state index contributed by atoms with van der Waals surface area (Å²) in [5.74, 6) is 1.95. The first-order valence-electron chi connectivity index (χ1n) is 4.26. The van der Waals surface area contributed by atoms with Crippen molar-refractivity contribution in [3.63, 3.8) is 0 Å². The van der Waals surface area contributed by atoms with E-state index in [-0.39, 0.29) is 0 Å². The molecule has 0 nitrogen and oxygen atoms in total. The van der Waals surface area contributed by atoms with Gasteiger partial charge in [-0.2, -0.15) is 0 Å². The Morgan fingerprint density at radius 3 is 3.30 bits per heavy atom. The minimum Gasteiger partial charge on any atom is -0.0766 e. The van der Waals surface area contributed by atoms with Crippen LogP contribution in [0.25, 0.3) is 0 Å². The van der Waals surface area contributed by atoms with Gasteiger partial charge in [-0.1, -0.05) is 29.7 Å². The van der Waals surface area contributed by atoms with Crippen molar-refractivity contribution in [3.05, 3.63) is 22.8 Å². The highest BCUT2D eigenvalue weighted by Crippen LogP contribution is 2.80. The second-order valence-electron chi connectivity index (χ2n) is 4.40. The Hall–Kier alpha value is -0.520. The van der Waals surface area contributed by atoms with Gasteiger partial charge in [0.25, 0.3) is 0 Å². The van der Waals surface area contributed by atoms with Gasteiger partial charge >= 0.3 is 0 Å². The van der Waals surface area contributed by atoms with Crippen LogP contribution in [0.2, 0.25) is 0 Å². The van der Waals surface area contributed by atoms with Crippen molar-refractivity contribution >= 4 is 0 Å². The van der Waals surface area contributed by atoms with Crippen LogP contribution in [0.15, 0.2) is 22.8 Å². The van der Waals surface area contributed by atoms with E-state index < -0.39 is 0 Å². The number of hydrogen-bond donors (Lipinski definition) is 0. The lowest BCUT2D eigenvalue weighted by molar-refractivity contribution is 0.458. The largest absolute Gasteiger partial charge is 0.0766 e. The zero-order valence-corrected chi connectivity index (χ0v) is 6.15. The molecule has 4 rings (SSSR count). The Balaban J connectivity index is 2.12. The molecule has 0 N–H and O–H groups in total. The second kappa shape index (κ2) is 0.861. The Kier molecular flexibility index (Phi) is 0.377. The summed E-state index contributed by atoms with van der Waals surface area (Å²) in [5.41, 5.74) is 6.12. The highest BCUT2D eigenvalue weighted by Gasteiger charge is 2.70. The van der Waals surface area contributed by atoms with Crippen LogP contribution in [0.3, 0.4) is 0 Å². The van der Waals surface area contributed by atoms with Gasteiger partial charge in [-0.25, -0.2) is 0 Å². The van der Waals surface area contributed by atoms with E-state index in [9.17, 15) is 0 Å². The van der Waals surface area contributed by atoms with Crippen molar-refractivity contribution in [3.8, 4) is 0 Å². The molecule has 0 aromatic rings. The van der Waals surface area contributed by atoms with E-state index >= 15 is 0 Å². The first-order chi connectivity index (χ1) is 4.82. The van der Waals surface area contributed by atoms with Gasteiger partial charge in [0.2, 0.25) is 0 Å². The van der Waals surface area contributed by atoms with Crippen LogP contribution in [-0.2, 0) is 0 Å². The fourth-order valence-electron chi connectivity index (χ4n) is 3.18. The number of rotatable bonds is 0. The van der Waals surface area contributed by atoms with E-state index in [2.05, 4.69) is 13.0 Å². The molecule has 4 aliphatic carbocycles. The molecule has 0 aromatic heterocycles. The summed E-state index contributed by atoms with van der Waals surface area (Å²) in [4.78, 5) is 0. The van der Waals surface area contributed by atoms with Crippen molar-refractivity contribution in [1.29, 1.82) is 0 Å². The number of fused-ring (bicyclic) bond motifs is 2. The average molecular weight is 130 g/mol. The molecule has 0 spiro atoms. The normalized spacial score (nSPS) is 58.3. The van der Waals surface area contributed by atoms with Crippen LogP contribution < -0.4 is 0 Å². The predicted molar refractivity (Wildman–Crippen MR) is 39.4 cm³/mol. The fraction of sp³-hybridized carbons (Fsp3) is 0.600. The summed E-state index contributed by atoms with van der Waals surface area (Å²) in [6.07, 6.45) is 5.41. The summed E-state index contributed by atoms with van der Waals surface area (Å²) >= 11 is 0. The average Bonchev–Trinajstić information content (AvgIpc) is 2.64. The van der Waals surface area contributed by atoms with E-state index in [4.69, 9.17) is 0 Å². The SMILES string of the molecule is CC12C3=CC4CC4=C1CC32. The highest BCUT2D eigenvalue weighted by molar-refractivity contribution is 5.65. The van der Waals surface area contributed by atoms with Crippen molar-refractivity contribution in [2.24, 2.45) is 17.3 Å². The smallest absolute Gasteiger partial charge is 0.0168 e. The molecule has 0 radical (unpaired) electrons. The van der Waals surface area contributed by atoms with Gasteiger partial charge in [-0.3, -0.25) is 0 Å². The van der Waals surface area contributed by atoms with Crippen LogP contribution in [0.4, 0.5) is 0 Å². The first kappa shape index (κ1) is 4.38. The predicted octanol–water partition coefficient (Wildman–Crippen LogP) is 2.28. The van der Waals surface area contributed by atoms with Crippen LogP contribution in [0.5, 0.6) is 0 Å². The van der Waals surface area contributed by atoms with Crippen molar-refractivity contribution < 1.29 is 0 Å². The van der Waals surface area contributed by atoms with Crippen LogP contribution in [-0.4, -0.2) is 0 Å². The van der Waals surface area contributed by atoms with Crippen LogP contribution >= 0.6 is 0 Å². The van der Waals surface area contributed by atoms with E-state index in [0.29, 0.717) is 5.41 Å². The second-order valence-corrected chi connectivity index (χ2v) is 4.40. The molecular weight excluding hydrogens is 120 g/mol. The molecule has 0 amide bonds. The highest BCUT2D eigenvalue weighted by atomic mass is 14.7. The Bertz CT molecular complexity index is 319. The lowest BCUT2D eigenvalue weighted by atomic mass is 9.78. The molecule has 3 atom stereocenters. The third-order valence-electron chi connectivity index (χ3n) is 4.12. The lowest BCUT2D eigenvalue weighted by Crippen LogP contribution is -2.15. The topological polar surface area (TPSA) is 0 Å². The first-order valence-corrected chi connectivity index (χ1v) is 4.26. The maximum absolute atomic E-state index is 2.55. The van der Waals surface area contributed by atoms with E-state index in [1.807, 2.05) is 11.1 Å². The van der Waals surface area contributed by atoms with Crippen LogP contribution in [0, 0.1) is 17.3 Å². The standard InChI is InChI=1S/C10H10/c1-10-7-4-9(10)8(10)3-5-2-6(5)7/h3,5,9H,2,4H2,1H3. The van der Waals surface area contributed by atoms with E-state index in [1.54, 1.807) is 5.57 Å². The quantitative estimate of drug-likeness (QED) is 0.441. The molecule has 0 heteroatoms. The Labute approximate surface area is 60.6 Å². The summed E-state index contributed by atoms with van der Waals surface area (Å²) < 4.78 is 0. The molecule has 3 unspecified atom stereocenters. The van der Waals surface area contributed by atoms with Gasteiger partial charge in [0.1, 0.15) is 0 Å². The van der Waals surface area contributed by atoms with Crippen molar-refractivity contribution in [1.82, 2.24) is 0 Å². The van der Waals surface area contributed by atoms with E-state index in [0.717, 1.165) is 11.8 Å². The molecule has 50 valence electrons. The summed E-state index contributed by atoms with van der Waals surface area (Å²) in [6.45, 7) is 2.43. The molecular formula is C10H10. The molecule has 0 saturated heterocycles. The Morgan fingerprint density at radius 2 is 2.40 bits per heavy atom. The Morgan fingerprint density at radius 1 is 1.50 bits per heavy atom. The van der Waals surface area contributed by atoms with Crippen molar-refractivity contribution in [2.45, 2.75) is 19.8 Å². The minimum absolute atomic E-state index is 0.655. The maximum atomic E-state index is 2.55. The molecule has 0 bridgehead atoms. The van der Waals surface area contributed by atoms with Crippen LogP contribution in [0.1, 0.15) is 19.8 Å². The summed E-state index contributed by atoms with van der Waals surface area (Å²) in [6, 6.07) is 0. The molecule has 3 saturated carbocycles. The van der Waals surface area contributed by atoms with Gasteiger partial charge in [0, 0.05) is 11.3 Å². The van der Waals surface area contributed by atoms with Gasteiger partial charge in [-0.15, -0.1) is 0 Å². The maximum Gasteiger partial charge on any atom is 0.0168 e. The van der Waals surface area contributed by atoms with Gasteiger partial charge in [0.15, 0.2) is 0 Å². The lowest BCUT2D eigenvalue weighted by Gasteiger charge is -2.25. The fourth-order valence-corrected chi connectivity index (χ4v) is 3.18. The molecule has 4 aliphatic rings. The number of allylic oxidation sites excluding steroid dienone is 4. The molecule has 10 heavy (non-hydrogen) atoms. The zero-order valence-electron chi connectivity index (χ0n) is 6.15. The molecule has 3 fully saturated rings. The molecule has 0 aliphatic heterocycles. The van der Waals surface area contributed by atoms with Gasteiger partial charge in [0.05, 0.1) is 0 Å². The minimum atomic E-state index is 0.655. The number of hydrogen-bond acceptors (Lipinski definition) is 0. The third kappa shape index (κ3) is 0.224. The van der Waals surface area contributed by atoms with Gasteiger partial charge < -0.3 is 0 Å². The molecule has 0 heterocycles. The molecule has 0 aromatic carbocycles.